The minimum absolute atomic E-state index is 0.0164. The zero-order chi connectivity index (χ0) is 18.4. The zero-order valence-corrected chi connectivity index (χ0v) is 15.1. The van der Waals surface area contributed by atoms with E-state index in [0.29, 0.717) is 17.8 Å². The van der Waals surface area contributed by atoms with Gasteiger partial charge in [0, 0.05) is 24.2 Å². The van der Waals surface area contributed by atoms with Gasteiger partial charge in [0.05, 0.1) is 11.8 Å². The van der Waals surface area contributed by atoms with Gasteiger partial charge in [0.25, 0.3) is 0 Å². The highest BCUT2D eigenvalue weighted by Crippen LogP contribution is 2.40. The van der Waals surface area contributed by atoms with Crippen LogP contribution in [0.4, 0.5) is 5.69 Å². The zero-order valence-electron chi connectivity index (χ0n) is 15.1. The number of carbonyl (C=O) groups excluding carboxylic acids is 3. The minimum Gasteiger partial charge on any atom is -0.329 e. The quantitative estimate of drug-likeness (QED) is 0.869. The molecule has 2 atom stereocenters. The van der Waals surface area contributed by atoms with E-state index >= 15 is 0 Å². The molecule has 1 aliphatic carbocycles. The highest BCUT2D eigenvalue weighted by molar-refractivity contribution is 6.02. The lowest BCUT2D eigenvalue weighted by atomic mass is 9.69. The predicted octanol–water partition coefficient (Wildman–Crippen LogP) is 2.88. The van der Waals surface area contributed by atoms with Gasteiger partial charge in [0.15, 0.2) is 0 Å². The van der Waals surface area contributed by atoms with Gasteiger partial charge in [-0.05, 0) is 42.5 Å². The number of ketones is 1. The molecule has 132 valence electrons. The molecule has 1 aliphatic heterocycles. The molecule has 1 aromatic rings. The van der Waals surface area contributed by atoms with E-state index < -0.39 is 11.8 Å². The van der Waals surface area contributed by atoms with Gasteiger partial charge in [-0.1, -0.05) is 26.0 Å². The molecule has 1 saturated heterocycles. The van der Waals surface area contributed by atoms with Gasteiger partial charge in [-0.15, -0.1) is 0 Å². The van der Waals surface area contributed by atoms with Crippen LogP contribution < -0.4 is 10.6 Å². The Balaban J connectivity index is 1.87. The first-order chi connectivity index (χ1) is 11.7. The van der Waals surface area contributed by atoms with Gasteiger partial charge in [-0.3, -0.25) is 14.4 Å². The number of piperidine rings is 1. The molecule has 1 heterocycles. The summed E-state index contributed by atoms with van der Waals surface area (Å²) in [4.78, 5) is 37.5. The van der Waals surface area contributed by atoms with Crippen LogP contribution >= 0.6 is 0 Å². The van der Waals surface area contributed by atoms with Gasteiger partial charge in [-0.25, -0.2) is 0 Å². The summed E-state index contributed by atoms with van der Waals surface area (Å²) in [5.41, 5.74) is 3.19. The first-order valence-corrected chi connectivity index (χ1v) is 8.60. The summed E-state index contributed by atoms with van der Waals surface area (Å²) in [6.45, 7) is 7.90. The first-order valence-electron chi connectivity index (χ1n) is 8.60. The number of allylic oxidation sites excluding steroid dienone is 2. The maximum Gasteiger partial charge on any atom is 0.229 e. The Kier molecular flexibility index (Phi) is 4.27. The Morgan fingerprint density at radius 1 is 1.20 bits per heavy atom. The monoisotopic (exact) mass is 340 g/mol. The van der Waals surface area contributed by atoms with Gasteiger partial charge in [-0.2, -0.15) is 0 Å². The molecule has 5 heteroatoms. The van der Waals surface area contributed by atoms with Crippen molar-refractivity contribution in [3.8, 4) is 0 Å². The topological polar surface area (TPSA) is 75.3 Å². The maximum atomic E-state index is 12.8. The average Bonchev–Trinajstić information content (AvgIpc) is 2.48. The van der Waals surface area contributed by atoms with Crippen molar-refractivity contribution in [2.24, 2.45) is 17.3 Å². The van der Waals surface area contributed by atoms with Crippen molar-refractivity contribution in [2.45, 2.75) is 40.5 Å². The number of carbonyl (C=O) groups is 3. The van der Waals surface area contributed by atoms with Gasteiger partial charge >= 0.3 is 0 Å². The fourth-order valence-corrected chi connectivity index (χ4v) is 3.68. The van der Waals surface area contributed by atoms with E-state index in [1.807, 2.05) is 52.0 Å². The molecule has 5 nitrogen and oxygen atoms in total. The Labute approximate surface area is 147 Å². The molecule has 0 saturated carbocycles. The van der Waals surface area contributed by atoms with Crippen LogP contribution in [-0.4, -0.2) is 17.6 Å². The Morgan fingerprint density at radius 3 is 2.60 bits per heavy atom. The molecule has 0 spiro atoms. The third kappa shape index (κ3) is 3.50. The maximum absolute atomic E-state index is 12.8. The SMILES string of the molecule is Cc1ccc(NC(=O)[C@@H]2CC(=O)NC3=CC(C)(C)CC(=O)[C@@H]32)cc1C. The number of hydrogen-bond acceptors (Lipinski definition) is 3. The summed E-state index contributed by atoms with van der Waals surface area (Å²) >= 11 is 0. The van der Waals surface area contributed by atoms with Crippen molar-refractivity contribution >= 4 is 23.3 Å². The van der Waals surface area contributed by atoms with E-state index in [-0.39, 0.29) is 29.4 Å². The van der Waals surface area contributed by atoms with Gasteiger partial charge in [0.1, 0.15) is 5.78 Å². The number of rotatable bonds is 2. The standard InChI is InChI=1S/C20H24N2O3/c1-11-5-6-13(7-12(11)2)21-19(25)14-8-17(24)22-15-9-20(3,4)10-16(23)18(14)15/h5-7,9,14,18H,8,10H2,1-4H3,(H,21,25)(H,22,24)/t14-,18-/m1/s1. The third-order valence-corrected chi connectivity index (χ3v) is 5.06. The molecule has 2 N–H and O–H groups in total. The Hall–Kier alpha value is -2.43. The molecular formula is C20H24N2O3. The van der Waals surface area contributed by atoms with Crippen molar-refractivity contribution in [1.29, 1.82) is 0 Å². The van der Waals surface area contributed by atoms with E-state index in [4.69, 9.17) is 0 Å². The summed E-state index contributed by atoms with van der Waals surface area (Å²) < 4.78 is 0. The fourth-order valence-electron chi connectivity index (χ4n) is 3.68. The molecule has 0 bridgehead atoms. The molecule has 3 rings (SSSR count). The number of amides is 2. The normalized spacial score (nSPS) is 24.9. The van der Waals surface area contributed by atoms with E-state index in [0.717, 1.165) is 11.1 Å². The van der Waals surface area contributed by atoms with Gasteiger partial charge in [0.2, 0.25) is 11.8 Å². The van der Waals surface area contributed by atoms with Crippen molar-refractivity contribution in [3.63, 3.8) is 0 Å². The second-order valence-electron chi connectivity index (χ2n) is 7.86. The van der Waals surface area contributed by atoms with Crippen LogP contribution in [0.2, 0.25) is 0 Å². The fraction of sp³-hybridized carbons (Fsp3) is 0.450. The number of anilines is 1. The van der Waals surface area contributed by atoms with E-state index in [9.17, 15) is 14.4 Å². The largest absolute Gasteiger partial charge is 0.329 e. The summed E-state index contributed by atoms with van der Waals surface area (Å²) in [6, 6.07) is 5.68. The van der Waals surface area contributed by atoms with Crippen LogP contribution in [0.15, 0.2) is 30.0 Å². The summed E-state index contributed by atoms with van der Waals surface area (Å²) in [7, 11) is 0. The van der Waals surface area contributed by atoms with Crippen LogP contribution in [-0.2, 0) is 14.4 Å². The molecule has 0 radical (unpaired) electrons. The van der Waals surface area contributed by atoms with Crippen LogP contribution in [0.5, 0.6) is 0 Å². The number of benzene rings is 1. The second-order valence-corrected chi connectivity index (χ2v) is 7.86. The molecule has 1 aromatic carbocycles. The lowest BCUT2D eigenvalue weighted by Crippen LogP contribution is -2.49. The molecule has 25 heavy (non-hydrogen) atoms. The van der Waals surface area contributed by atoms with Crippen LogP contribution in [0.25, 0.3) is 0 Å². The van der Waals surface area contributed by atoms with Crippen molar-refractivity contribution in [3.05, 3.63) is 41.1 Å². The van der Waals surface area contributed by atoms with E-state index in [2.05, 4.69) is 10.6 Å². The number of hydrogen-bond donors (Lipinski definition) is 2. The lowest BCUT2D eigenvalue weighted by Gasteiger charge is -2.38. The van der Waals surface area contributed by atoms with Crippen molar-refractivity contribution < 1.29 is 14.4 Å². The lowest BCUT2D eigenvalue weighted by molar-refractivity contribution is -0.136. The van der Waals surface area contributed by atoms with Crippen LogP contribution in [0.3, 0.4) is 0 Å². The summed E-state index contributed by atoms with van der Waals surface area (Å²) in [5.74, 6) is -1.69. The smallest absolute Gasteiger partial charge is 0.229 e. The van der Waals surface area contributed by atoms with Gasteiger partial charge < -0.3 is 10.6 Å². The summed E-state index contributed by atoms with van der Waals surface area (Å²) in [5, 5.41) is 5.67. The molecular weight excluding hydrogens is 316 g/mol. The molecule has 1 fully saturated rings. The molecule has 0 aromatic heterocycles. The molecule has 2 aliphatic rings. The van der Waals surface area contributed by atoms with Crippen molar-refractivity contribution in [1.82, 2.24) is 5.32 Å². The highest BCUT2D eigenvalue weighted by atomic mass is 16.2. The van der Waals surface area contributed by atoms with Crippen molar-refractivity contribution in [2.75, 3.05) is 5.32 Å². The predicted molar refractivity (Wildman–Crippen MR) is 95.8 cm³/mol. The highest BCUT2D eigenvalue weighted by Gasteiger charge is 2.45. The van der Waals surface area contributed by atoms with E-state index in [1.54, 1.807) is 0 Å². The van der Waals surface area contributed by atoms with Crippen LogP contribution in [0, 0.1) is 31.1 Å². The minimum atomic E-state index is -0.662. The number of nitrogens with one attached hydrogen (secondary N) is 2. The average molecular weight is 340 g/mol. The third-order valence-electron chi connectivity index (χ3n) is 5.06. The second kappa shape index (κ2) is 6.14. The Morgan fingerprint density at radius 2 is 1.92 bits per heavy atom. The number of fused-ring (bicyclic) bond motifs is 1. The Bertz CT molecular complexity index is 792. The molecule has 2 amide bonds. The number of aryl methyl sites for hydroxylation is 2. The summed E-state index contributed by atoms with van der Waals surface area (Å²) in [6.07, 6.45) is 2.34. The molecule has 0 unspecified atom stereocenters. The number of Topliss-reactive ketones (excluding diaryl/α,β-unsaturated/α-hetero) is 1. The van der Waals surface area contributed by atoms with E-state index in [1.165, 1.54) is 0 Å². The first kappa shape index (κ1) is 17.4. The van der Waals surface area contributed by atoms with Crippen LogP contribution in [0.1, 0.15) is 37.8 Å².